The summed E-state index contributed by atoms with van der Waals surface area (Å²) in [6, 6.07) is 11.9. The number of aryl methyl sites for hydroxylation is 1. The second-order valence-electron chi connectivity index (χ2n) is 11.1. The first kappa shape index (κ1) is 26.4. The Kier molecular flexibility index (Phi) is 6.94. The third-order valence-electron chi connectivity index (χ3n) is 8.54. The lowest BCUT2D eigenvalue weighted by molar-refractivity contribution is -0.142. The monoisotopic (exact) mass is 567 g/mol. The van der Waals surface area contributed by atoms with Gasteiger partial charge in [-0.3, -0.25) is 14.4 Å². The summed E-state index contributed by atoms with van der Waals surface area (Å²) in [5.41, 5.74) is 1.29. The zero-order valence-electron chi connectivity index (χ0n) is 21.7. The lowest BCUT2D eigenvalue weighted by Gasteiger charge is -2.34. The molecule has 2 saturated heterocycles. The molecular formula is C30H31Cl2N3O4. The smallest absolute Gasteiger partial charge is 0.246 e. The maximum absolute atomic E-state index is 14.1. The minimum atomic E-state index is -1.20. The molecule has 2 aromatic carbocycles. The molecule has 1 saturated carbocycles. The molecule has 3 fully saturated rings. The number of amides is 3. The molecule has 5 unspecified atom stereocenters. The van der Waals surface area contributed by atoms with Gasteiger partial charge in [-0.1, -0.05) is 84.4 Å². The van der Waals surface area contributed by atoms with Gasteiger partial charge in [-0.05, 0) is 43.5 Å². The molecule has 204 valence electrons. The van der Waals surface area contributed by atoms with Crippen molar-refractivity contribution in [1.82, 2.24) is 10.2 Å². The van der Waals surface area contributed by atoms with Crippen LogP contribution in [0.5, 0.6) is 0 Å². The highest BCUT2D eigenvalue weighted by atomic mass is 35.5. The normalized spacial score (nSPS) is 29.5. The first-order valence-electron chi connectivity index (χ1n) is 13.6. The Labute approximate surface area is 237 Å². The fourth-order valence-corrected chi connectivity index (χ4v) is 6.95. The average Bonchev–Trinajstić information content (AvgIpc) is 3.56. The van der Waals surface area contributed by atoms with Gasteiger partial charge in [0, 0.05) is 18.3 Å². The Morgan fingerprint density at radius 2 is 1.77 bits per heavy atom. The molecule has 3 aliphatic heterocycles. The van der Waals surface area contributed by atoms with Crippen LogP contribution in [0.4, 0.5) is 5.69 Å². The van der Waals surface area contributed by atoms with Gasteiger partial charge in [0.2, 0.25) is 17.7 Å². The molecule has 0 aromatic heterocycles. The van der Waals surface area contributed by atoms with Gasteiger partial charge in [-0.15, -0.1) is 0 Å². The number of halogens is 2. The van der Waals surface area contributed by atoms with E-state index in [1.54, 1.807) is 23.1 Å². The molecule has 39 heavy (non-hydrogen) atoms. The summed E-state index contributed by atoms with van der Waals surface area (Å²) in [4.78, 5) is 43.3. The van der Waals surface area contributed by atoms with E-state index in [9.17, 15) is 14.4 Å². The topological polar surface area (TPSA) is 87.7 Å². The Morgan fingerprint density at radius 1 is 1.03 bits per heavy atom. The van der Waals surface area contributed by atoms with Crippen LogP contribution in [0, 0.1) is 18.8 Å². The third kappa shape index (κ3) is 4.64. The van der Waals surface area contributed by atoms with Crippen LogP contribution in [0.3, 0.4) is 0 Å². The van der Waals surface area contributed by atoms with Crippen molar-refractivity contribution in [1.29, 1.82) is 0 Å². The molecule has 5 atom stereocenters. The Balaban J connectivity index is 1.32. The Hall–Kier alpha value is -2.87. The standard InChI is InChI=1S/C30H31Cl2N3O4/c1-17-7-9-18(10-8-17)16-35-26(28(37)33-19-5-3-2-4-6-19)30-14-13-23(39-30)24(25(30)29(35)38)27(36)34-20-11-12-21(31)22(32)15-20/h7-15,19,23-26H,2-6,16H2,1H3,(H,33,37)(H,34,36). The lowest BCUT2D eigenvalue weighted by Crippen LogP contribution is -2.56. The van der Waals surface area contributed by atoms with Gasteiger partial charge in [0.1, 0.15) is 11.6 Å². The number of anilines is 1. The molecule has 6 rings (SSSR count). The van der Waals surface area contributed by atoms with E-state index in [2.05, 4.69) is 10.6 Å². The molecular weight excluding hydrogens is 537 g/mol. The van der Waals surface area contributed by atoms with Crippen LogP contribution in [0.2, 0.25) is 10.0 Å². The number of likely N-dealkylation sites (tertiary alicyclic amines) is 1. The number of benzene rings is 2. The van der Waals surface area contributed by atoms with Crippen molar-refractivity contribution in [3.63, 3.8) is 0 Å². The van der Waals surface area contributed by atoms with Crippen molar-refractivity contribution in [3.05, 3.63) is 75.8 Å². The molecule has 2 bridgehead atoms. The molecule has 2 N–H and O–H groups in total. The summed E-state index contributed by atoms with van der Waals surface area (Å²) in [6.45, 7) is 2.26. The minimum Gasteiger partial charge on any atom is -0.359 e. The number of carbonyl (C=O) groups excluding carboxylic acids is 3. The molecule has 9 heteroatoms. The number of hydrogen-bond donors (Lipinski definition) is 2. The first-order valence-corrected chi connectivity index (χ1v) is 14.3. The van der Waals surface area contributed by atoms with Crippen molar-refractivity contribution in [2.45, 2.75) is 69.4 Å². The lowest BCUT2D eigenvalue weighted by atomic mass is 9.74. The van der Waals surface area contributed by atoms with Crippen LogP contribution in [0.1, 0.15) is 43.2 Å². The fraction of sp³-hybridized carbons (Fsp3) is 0.433. The van der Waals surface area contributed by atoms with Gasteiger partial charge in [-0.25, -0.2) is 0 Å². The van der Waals surface area contributed by atoms with Crippen molar-refractivity contribution in [3.8, 4) is 0 Å². The van der Waals surface area contributed by atoms with E-state index in [0.717, 1.165) is 36.8 Å². The summed E-state index contributed by atoms with van der Waals surface area (Å²) in [5.74, 6) is -2.43. The van der Waals surface area contributed by atoms with E-state index in [1.165, 1.54) is 6.42 Å². The summed E-state index contributed by atoms with van der Waals surface area (Å²) in [7, 11) is 0. The summed E-state index contributed by atoms with van der Waals surface area (Å²) in [5, 5.41) is 6.79. The van der Waals surface area contributed by atoms with E-state index in [4.69, 9.17) is 27.9 Å². The third-order valence-corrected chi connectivity index (χ3v) is 9.28. The number of fused-ring (bicyclic) bond motifs is 1. The predicted octanol–water partition coefficient (Wildman–Crippen LogP) is 5.04. The maximum Gasteiger partial charge on any atom is 0.246 e. The number of nitrogens with zero attached hydrogens (tertiary/aromatic N) is 1. The van der Waals surface area contributed by atoms with E-state index >= 15 is 0 Å². The van der Waals surface area contributed by atoms with Gasteiger partial charge in [0.25, 0.3) is 0 Å². The van der Waals surface area contributed by atoms with Crippen LogP contribution >= 0.6 is 23.2 Å². The largest absolute Gasteiger partial charge is 0.359 e. The van der Waals surface area contributed by atoms with Gasteiger partial charge >= 0.3 is 0 Å². The number of rotatable bonds is 6. The van der Waals surface area contributed by atoms with Crippen LogP contribution in [0.15, 0.2) is 54.6 Å². The molecule has 1 spiro atoms. The highest BCUT2D eigenvalue weighted by Crippen LogP contribution is 2.55. The van der Waals surface area contributed by atoms with Crippen molar-refractivity contribution < 1.29 is 19.1 Å². The second-order valence-corrected chi connectivity index (χ2v) is 11.9. The van der Waals surface area contributed by atoms with E-state index in [0.29, 0.717) is 15.7 Å². The van der Waals surface area contributed by atoms with E-state index < -0.39 is 29.6 Å². The molecule has 3 heterocycles. The maximum atomic E-state index is 14.1. The fourth-order valence-electron chi connectivity index (χ4n) is 6.65. The number of carbonyl (C=O) groups is 3. The zero-order chi connectivity index (χ0) is 27.3. The number of nitrogens with one attached hydrogen (secondary N) is 2. The summed E-state index contributed by atoms with van der Waals surface area (Å²) < 4.78 is 6.44. The molecule has 1 aliphatic carbocycles. The summed E-state index contributed by atoms with van der Waals surface area (Å²) >= 11 is 12.2. The minimum absolute atomic E-state index is 0.0781. The number of hydrogen-bond acceptors (Lipinski definition) is 4. The zero-order valence-corrected chi connectivity index (χ0v) is 23.2. The highest BCUT2D eigenvalue weighted by Gasteiger charge is 2.72. The molecule has 7 nitrogen and oxygen atoms in total. The SMILES string of the molecule is Cc1ccc(CN2C(=O)C3C(C(=O)Nc4ccc(Cl)c(Cl)c4)C4C=CC3(O4)C2C(=O)NC2CCCCC2)cc1. The first-order chi connectivity index (χ1) is 18.8. The van der Waals surface area contributed by atoms with Crippen molar-refractivity contribution in [2.75, 3.05) is 5.32 Å². The van der Waals surface area contributed by atoms with Crippen molar-refractivity contribution in [2.24, 2.45) is 11.8 Å². The van der Waals surface area contributed by atoms with Crippen molar-refractivity contribution >= 4 is 46.6 Å². The van der Waals surface area contributed by atoms with Gasteiger partial charge in [0.05, 0.1) is 28.0 Å². The average molecular weight is 569 g/mol. The van der Waals surface area contributed by atoms with Crippen LogP contribution in [0.25, 0.3) is 0 Å². The highest BCUT2D eigenvalue weighted by molar-refractivity contribution is 6.42. The van der Waals surface area contributed by atoms with Crippen LogP contribution in [-0.4, -0.2) is 46.4 Å². The molecule has 0 radical (unpaired) electrons. The summed E-state index contributed by atoms with van der Waals surface area (Å²) in [6.07, 6.45) is 8.22. The Bertz CT molecular complexity index is 1340. The van der Waals surface area contributed by atoms with E-state index in [1.807, 2.05) is 43.3 Å². The quantitative estimate of drug-likeness (QED) is 0.478. The number of ether oxygens (including phenoxy) is 1. The molecule has 3 amide bonds. The van der Waals surface area contributed by atoms with Gasteiger partial charge in [0.15, 0.2) is 0 Å². The van der Waals surface area contributed by atoms with Crippen LogP contribution < -0.4 is 10.6 Å². The molecule has 4 aliphatic rings. The van der Waals surface area contributed by atoms with E-state index in [-0.39, 0.29) is 30.3 Å². The predicted molar refractivity (Wildman–Crippen MR) is 149 cm³/mol. The van der Waals surface area contributed by atoms with Gasteiger partial charge < -0.3 is 20.3 Å². The van der Waals surface area contributed by atoms with Gasteiger partial charge in [-0.2, -0.15) is 0 Å². The second kappa shape index (κ2) is 10.3. The molecule has 2 aromatic rings. The Morgan fingerprint density at radius 3 is 2.49 bits per heavy atom. The van der Waals surface area contributed by atoms with Crippen LogP contribution in [-0.2, 0) is 25.7 Å².